The lowest BCUT2D eigenvalue weighted by atomic mass is 9.89. The predicted octanol–water partition coefficient (Wildman–Crippen LogP) is 4.44. The van der Waals surface area contributed by atoms with Gasteiger partial charge in [0.05, 0.1) is 17.3 Å². The van der Waals surface area contributed by atoms with Crippen molar-refractivity contribution < 1.29 is 14.0 Å². The Kier molecular flexibility index (Phi) is 4.97. The average Bonchev–Trinajstić information content (AvgIpc) is 3.44. The number of aromatic nitrogens is 1. The average molecular weight is 438 g/mol. The Bertz CT molecular complexity index is 1170. The van der Waals surface area contributed by atoms with Crippen LogP contribution in [0.15, 0.2) is 41.0 Å². The van der Waals surface area contributed by atoms with Crippen molar-refractivity contribution in [1.29, 1.82) is 0 Å². The summed E-state index contributed by atoms with van der Waals surface area (Å²) in [7, 11) is 1.86. The van der Waals surface area contributed by atoms with Crippen LogP contribution in [0.1, 0.15) is 35.2 Å². The van der Waals surface area contributed by atoms with Crippen LogP contribution in [0.2, 0.25) is 5.02 Å². The van der Waals surface area contributed by atoms with Gasteiger partial charge in [0.2, 0.25) is 5.91 Å². The van der Waals surface area contributed by atoms with E-state index in [1.165, 1.54) is 0 Å². The van der Waals surface area contributed by atoms with Gasteiger partial charge in [0, 0.05) is 36.5 Å². The van der Waals surface area contributed by atoms with Crippen molar-refractivity contribution in [2.45, 2.75) is 32.2 Å². The number of nitrogens with one attached hydrogen (secondary N) is 1. The maximum Gasteiger partial charge on any atom is 0.254 e. The largest absolute Gasteiger partial charge is 0.463 e. The smallest absolute Gasteiger partial charge is 0.254 e. The number of hydrogen-bond acceptors (Lipinski definition) is 4. The van der Waals surface area contributed by atoms with E-state index in [0.29, 0.717) is 52.4 Å². The molecule has 1 aromatic carbocycles. The molecule has 3 atom stereocenters. The summed E-state index contributed by atoms with van der Waals surface area (Å²) in [5, 5.41) is 4.35. The Hall–Kier alpha value is -2.86. The van der Waals surface area contributed by atoms with E-state index in [0.717, 1.165) is 23.8 Å². The zero-order valence-corrected chi connectivity index (χ0v) is 18.3. The van der Waals surface area contributed by atoms with Gasteiger partial charge in [0.25, 0.3) is 5.91 Å². The van der Waals surface area contributed by atoms with Crippen molar-refractivity contribution in [3.05, 3.63) is 52.7 Å². The van der Waals surface area contributed by atoms with E-state index in [9.17, 15) is 9.59 Å². The normalized spacial score (nSPS) is 22.9. The van der Waals surface area contributed by atoms with Gasteiger partial charge in [-0.3, -0.25) is 9.59 Å². The lowest BCUT2D eigenvalue weighted by Gasteiger charge is -2.26. The molecule has 0 unspecified atom stereocenters. The van der Waals surface area contributed by atoms with Crippen LogP contribution in [-0.4, -0.2) is 41.3 Å². The fourth-order valence-electron chi connectivity index (χ4n) is 5.04. The van der Waals surface area contributed by atoms with Crippen LogP contribution in [0.25, 0.3) is 22.4 Å². The number of nitrogens with zero attached hydrogens (tertiary/aromatic N) is 2. The molecule has 2 fully saturated rings. The molecule has 160 valence electrons. The number of amides is 2. The van der Waals surface area contributed by atoms with Crippen LogP contribution in [-0.2, 0) is 4.79 Å². The van der Waals surface area contributed by atoms with Crippen LogP contribution < -0.4 is 5.32 Å². The lowest BCUT2D eigenvalue weighted by Crippen LogP contribution is -2.38. The third-order valence-electron chi connectivity index (χ3n) is 6.87. The van der Waals surface area contributed by atoms with Crippen molar-refractivity contribution >= 4 is 34.3 Å². The highest BCUT2D eigenvalue weighted by atomic mass is 35.5. The highest BCUT2D eigenvalue weighted by Crippen LogP contribution is 2.39. The predicted molar refractivity (Wildman–Crippen MR) is 119 cm³/mol. The molecule has 2 amide bonds. The number of piperidine rings is 1. The van der Waals surface area contributed by atoms with E-state index >= 15 is 0 Å². The van der Waals surface area contributed by atoms with Crippen LogP contribution in [0.5, 0.6) is 0 Å². The number of carbonyl (C=O) groups excluding carboxylic acids is 2. The SMILES string of the molecule is Cc1c(Cl)ccc2c(C(=O)N(C)[C@H]3C[C@H]4CNC(=O)C[C@H]4C3)cc(-c3ccco3)nc12. The number of halogens is 1. The first kappa shape index (κ1) is 20.1. The monoisotopic (exact) mass is 437 g/mol. The lowest BCUT2D eigenvalue weighted by molar-refractivity contribution is -0.124. The van der Waals surface area contributed by atoms with Crippen molar-refractivity contribution in [2.24, 2.45) is 11.8 Å². The number of hydrogen-bond donors (Lipinski definition) is 1. The molecule has 3 heterocycles. The van der Waals surface area contributed by atoms with Gasteiger partial charge in [-0.15, -0.1) is 0 Å². The van der Waals surface area contributed by atoms with Gasteiger partial charge in [0.1, 0.15) is 5.69 Å². The third kappa shape index (κ3) is 3.49. The number of rotatable bonds is 3. The zero-order chi connectivity index (χ0) is 21.7. The van der Waals surface area contributed by atoms with Crippen molar-refractivity contribution in [3.8, 4) is 11.5 Å². The van der Waals surface area contributed by atoms with Gasteiger partial charge >= 0.3 is 0 Å². The highest BCUT2D eigenvalue weighted by Gasteiger charge is 2.41. The molecule has 6 nitrogen and oxygen atoms in total. The summed E-state index contributed by atoms with van der Waals surface area (Å²) in [5.74, 6) is 1.46. The maximum absolute atomic E-state index is 13.7. The third-order valence-corrected chi connectivity index (χ3v) is 7.28. The molecule has 5 rings (SSSR count). The van der Waals surface area contributed by atoms with E-state index < -0.39 is 0 Å². The van der Waals surface area contributed by atoms with E-state index in [-0.39, 0.29) is 17.9 Å². The maximum atomic E-state index is 13.7. The summed E-state index contributed by atoms with van der Waals surface area (Å²) in [5.41, 5.74) is 2.73. The molecule has 1 saturated heterocycles. The van der Waals surface area contributed by atoms with Gasteiger partial charge in [-0.1, -0.05) is 17.7 Å². The van der Waals surface area contributed by atoms with Gasteiger partial charge in [0.15, 0.2) is 5.76 Å². The van der Waals surface area contributed by atoms with Crippen molar-refractivity contribution in [2.75, 3.05) is 13.6 Å². The number of pyridine rings is 1. The molecule has 1 N–H and O–H groups in total. The molecule has 1 aliphatic heterocycles. The molecular weight excluding hydrogens is 414 g/mol. The molecule has 7 heteroatoms. The van der Waals surface area contributed by atoms with Gasteiger partial charge in [-0.05, 0) is 61.4 Å². The second-order valence-electron chi connectivity index (χ2n) is 8.67. The molecule has 0 bridgehead atoms. The first-order valence-corrected chi connectivity index (χ1v) is 11.0. The summed E-state index contributed by atoms with van der Waals surface area (Å²) in [4.78, 5) is 32.1. The number of carbonyl (C=O) groups is 2. The number of furan rings is 1. The standard InChI is InChI=1S/C24H24ClN3O3/c1-13-19(25)6-5-17-18(11-20(27-23(13)17)21-4-3-7-31-21)24(30)28(2)16-8-14-10-22(29)26-12-15(14)9-16/h3-7,11,14-16H,8-10,12H2,1-2H3,(H,26,29)/t14-,15+,16-/m1/s1. The fourth-order valence-corrected chi connectivity index (χ4v) is 5.19. The van der Waals surface area contributed by atoms with Gasteiger partial charge < -0.3 is 14.6 Å². The number of benzene rings is 1. The minimum Gasteiger partial charge on any atom is -0.463 e. The number of fused-ring (bicyclic) bond motifs is 2. The summed E-state index contributed by atoms with van der Waals surface area (Å²) < 4.78 is 5.55. The van der Waals surface area contributed by atoms with Crippen molar-refractivity contribution in [3.63, 3.8) is 0 Å². The second kappa shape index (κ2) is 7.68. The molecule has 0 spiro atoms. The van der Waals surface area contributed by atoms with Gasteiger partial charge in [-0.25, -0.2) is 4.98 Å². The van der Waals surface area contributed by atoms with E-state index in [1.54, 1.807) is 18.4 Å². The summed E-state index contributed by atoms with van der Waals surface area (Å²) >= 11 is 6.35. The first-order chi connectivity index (χ1) is 14.9. The quantitative estimate of drug-likeness (QED) is 0.657. The Balaban J connectivity index is 1.53. The second-order valence-corrected chi connectivity index (χ2v) is 9.08. The Morgan fingerprint density at radius 2 is 2.06 bits per heavy atom. The molecule has 31 heavy (non-hydrogen) atoms. The molecule has 2 aromatic heterocycles. The molecule has 1 saturated carbocycles. The topological polar surface area (TPSA) is 75.4 Å². The zero-order valence-electron chi connectivity index (χ0n) is 17.5. The summed E-state index contributed by atoms with van der Waals surface area (Å²) in [6, 6.07) is 9.22. The summed E-state index contributed by atoms with van der Waals surface area (Å²) in [6.45, 7) is 2.62. The minimum absolute atomic E-state index is 0.0511. The fraction of sp³-hybridized carbons (Fsp3) is 0.375. The van der Waals surface area contributed by atoms with Crippen LogP contribution >= 0.6 is 11.6 Å². The van der Waals surface area contributed by atoms with Crippen molar-refractivity contribution in [1.82, 2.24) is 15.2 Å². The first-order valence-electron chi connectivity index (χ1n) is 10.6. The Labute approximate surface area is 185 Å². The molecule has 2 aliphatic rings. The van der Waals surface area contributed by atoms with Crippen LogP contribution in [0.4, 0.5) is 0 Å². The summed E-state index contributed by atoms with van der Waals surface area (Å²) in [6.07, 6.45) is 3.92. The molecule has 3 aromatic rings. The van der Waals surface area contributed by atoms with E-state index in [4.69, 9.17) is 21.0 Å². The number of aryl methyl sites for hydroxylation is 1. The van der Waals surface area contributed by atoms with E-state index in [1.807, 2.05) is 37.1 Å². The molecule has 0 radical (unpaired) electrons. The van der Waals surface area contributed by atoms with E-state index in [2.05, 4.69) is 5.32 Å². The molecule has 1 aliphatic carbocycles. The van der Waals surface area contributed by atoms with Crippen LogP contribution in [0, 0.1) is 18.8 Å². The Morgan fingerprint density at radius 3 is 2.84 bits per heavy atom. The van der Waals surface area contributed by atoms with Gasteiger partial charge in [-0.2, -0.15) is 0 Å². The van der Waals surface area contributed by atoms with Crippen LogP contribution in [0.3, 0.4) is 0 Å². The molecular formula is C24H24ClN3O3. The highest BCUT2D eigenvalue weighted by molar-refractivity contribution is 6.32. The minimum atomic E-state index is -0.0511. The Morgan fingerprint density at radius 1 is 1.26 bits per heavy atom.